The zero-order valence-electron chi connectivity index (χ0n) is 18.5. The number of nitrogens with zero attached hydrogens (tertiary/aromatic N) is 1. The van der Waals surface area contributed by atoms with Gasteiger partial charge in [0.2, 0.25) is 6.41 Å². The minimum absolute atomic E-state index is 0.0677. The molecule has 2 N–H and O–H groups in total. The molecule has 1 fully saturated rings. The molecule has 1 saturated heterocycles. The first-order chi connectivity index (χ1) is 14.1. The Morgan fingerprint density at radius 3 is 2.16 bits per heavy atom. The van der Waals surface area contributed by atoms with Crippen LogP contribution >= 0.6 is 11.6 Å². The molecular formula is C20H27B4ClFN3O2. The summed E-state index contributed by atoms with van der Waals surface area (Å²) in [7, 11) is 24.5. The topological polar surface area (TPSA) is 61.4 Å². The zero-order valence-corrected chi connectivity index (χ0v) is 19.3. The van der Waals surface area contributed by atoms with Crippen molar-refractivity contribution in [1.29, 1.82) is 0 Å². The van der Waals surface area contributed by atoms with Crippen LogP contribution in [0, 0.1) is 11.7 Å². The molecule has 1 aromatic carbocycles. The number of nitrogens with one attached hydrogen (secondary N) is 2. The highest BCUT2D eigenvalue weighted by Crippen LogP contribution is 2.35. The third kappa shape index (κ3) is 8.93. The maximum absolute atomic E-state index is 13.3. The van der Waals surface area contributed by atoms with E-state index >= 15 is 0 Å². The molecule has 1 aliphatic rings. The third-order valence-corrected chi connectivity index (χ3v) is 4.94. The summed E-state index contributed by atoms with van der Waals surface area (Å²) in [6.07, 6.45) is 1.54. The van der Waals surface area contributed by atoms with Crippen LogP contribution < -0.4 is 10.6 Å². The van der Waals surface area contributed by atoms with Crippen LogP contribution in [0.2, 0.25) is 5.02 Å². The Labute approximate surface area is 195 Å². The van der Waals surface area contributed by atoms with E-state index in [1.54, 1.807) is 4.90 Å². The lowest BCUT2D eigenvalue weighted by Gasteiger charge is -2.57. The molecule has 31 heavy (non-hydrogen) atoms. The second kappa shape index (κ2) is 11.0. The van der Waals surface area contributed by atoms with Gasteiger partial charge in [-0.05, 0) is 64.3 Å². The fourth-order valence-electron chi connectivity index (χ4n) is 3.54. The first-order valence-corrected chi connectivity index (χ1v) is 10.4. The minimum Gasteiger partial charge on any atom is -0.354 e. The van der Waals surface area contributed by atoms with Crippen LogP contribution in [0.3, 0.4) is 0 Å². The molecular weight excluding hydrogens is 412 g/mol. The van der Waals surface area contributed by atoms with E-state index < -0.39 is 22.4 Å². The van der Waals surface area contributed by atoms with Crippen LogP contribution in [0.25, 0.3) is 0 Å². The van der Waals surface area contributed by atoms with E-state index in [0.717, 1.165) is 12.1 Å². The molecule has 1 heterocycles. The number of rotatable bonds is 5. The van der Waals surface area contributed by atoms with Crippen molar-refractivity contribution in [1.82, 2.24) is 15.5 Å². The highest BCUT2D eigenvalue weighted by atomic mass is 35.5. The Hall–Kier alpha value is -1.40. The number of carbonyl (C=O) groups excluding carboxylic acids is 2. The molecule has 2 amide bonds. The van der Waals surface area contributed by atoms with Gasteiger partial charge in [0.05, 0.1) is 31.4 Å². The van der Waals surface area contributed by atoms with Gasteiger partial charge in [-0.15, -0.1) is 0 Å². The van der Waals surface area contributed by atoms with Gasteiger partial charge in [0.1, 0.15) is 5.82 Å². The molecule has 2 rings (SSSR count). The molecule has 0 aromatic heterocycles. The first kappa shape index (κ1) is 27.6. The standard InChI is InChI=1S/C15H16B4ClFN2O.C5H11NO/c1-2-23-14(16,17)6-9(7-15(23,18)19)8-22-13(24)10-3-11(20)5-12(21)4-10;1-5(2,3)6-4-7/h3-5,9H,2,6-8H2,1H3,(H,22,24);4H,1-3H3,(H,6,7). The molecule has 1 aliphatic heterocycles. The van der Waals surface area contributed by atoms with Crippen molar-refractivity contribution in [2.75, 3.05) is 13.1 Å². The molecule has 5 nitrogen and oxygen atoms in total. The number of amides is 2. The Bertz CT molecular complexity index is 737. The molecule has 0 spiro atoms. The Balaban J connectivity index is 0.000000592. The largest absolute Gasteiger partial charge is 0.354 e. The van der Waals surface area contributed by atoms with Gasteiger partial charge in [0.25, 0.3) is 5.91 Å². The normalized spacial score (nSPS) is 18.4. The minimum atomic E-state index is -1.16. The van der Waals surface area contributed by atoms with E-state index in [-0.39, 0.29) is 28.6 Å². The van der Waals surface area contributed by atoms with E-state index in [4.69, 9.17) is 43.0 Å². The molecule has 0 bridgehead atoms. The van der Waals surface area contributed by atoms with Crippen molar-refractivity contribution in [3.63, 3.8) is 0 Å². The van der Waals surface area contributed by atoms with E-state index in [9.17, 15) is 14.0 Å². The molecule has 8 radical (unpaired) electrons. The van der Waals surface area contributed by atoms with Gasteiger partial charge in [-0.1, -0.05) is 29.2 Å². The number of piperidine rings is 1. The third-order valence-electron chi connectivity index (χ3n) is 4.72. The Morgan fingerprint density at radius 1 is 1.23 bits per heavy atom. The van der Waals surface area contributed by atoms with Gasteiger partial charge in [0.15, 0.2) is 0 Å². The van der Waals surface area contributed by atoms with E-state index in [1.165, 1.54) is 6.07 Å². The Kier molecular flexibility index (Phi) is 9.76. The number of carbonyl (C=O) groups is 2. The zero-order chi connectivity index (χ0) is 24.0. The summed E-state index contributed by atoms with van der Waals surface area (Å²) < 4.78 is 13.3. The number of hydrogen-bond acceptors (Lipinski definition) is 3. The predicted octanol–water partition coefficient (Wildman–Crippen LogP) is 1.45. The summed E-state index contributed by atoms with van der Waals surface area (Å²) in [5, 5.41) is 3.17. The second-order valence-electron chi connectivity index (χ2n) is 8.88. The lowest BCUT2D eigenvalue weighted by molar-refractivity contribution is -0.110. The fourth-order valence-corrected chi connectivity index (χ4v) is 3.76. The van der Waals surface area contributed by atoms with Crippen LogP contribution in [0.4, 0.5) is 4.39 Å². The van der Waals surface area contributed by atoms with E-state index in [2.05, 4.69) is 10.6 Å². The number of halogens is 2. The summed E-state index contributed by atoms with van der Waals surface area (Å²) in [4.78, 5) is 23.5. The SMILES string of the molecule is CC(C)(C)NC=O.[B]C1([B])CC(CNC(=O)c2cc(F)cc(Cl)c2)CC([B])([B])N1CC. The van der Waals surface area contributed by atoms with Crippen LogP contribution in [0.1, 0.15) is 50.9 Å². The smallest absolute Gasteiger partial charge is 0.251 e. The lowest BCUT2D eigenvalue weighted by atomic mass is 9.45. The van der Waals surface area contributed by atoms with E-state index in [1.807, 2.05) is 27.7 Å². The number of likely N-dealkylation sites (tertiary alicyclic amines) is 1. The van der Waals surface area contributed by atoms with Gasteiger partial charge in [-0.3, -0.25) is 9.59 Å². The first-order valence-electron chi connectivity index (χ1n) is 10.00. The molecule has 160 valence electrons. The fraction of sp³-hybridized carbons (Fsp3) is 0.600. The van der Waals surface area contributed by atoms with Crippen molar-refractivity contribution < 1.29 is 14.0 Å². The van der Waals surface area contributed by atoms with Crippen LogP contribution in [0.15, 0.2) is 18.2 Å². The molecule has 1 aromatic rings. The second-order valence-corrected chi connectivity index (χ2v) is 9.32. The molecule has 0 aliphatic carbocycles. The maximum Gasteiger partial charge on any atom is 0.251 e. The van der Waals surface area contributed by atoms with Gasteiger partial charge in [-0.25, -0.2) is 4.39 Å². The van der Waals surface area contributed by atoms with Crippen LogP contribution in [-0.4, -0.2) is 77.9 Å². The Morgan fingerprint density at radius 2 is 1.77 bits per heavy atom. The summed E-state index contributed by atoms with van der Waals surface area (Å²) >= 11 is 5.76. The predicted molar refractivity (Wildman–Crippen MR) is 126 cm³/mol. The summed E-state index contributed by atoms with van der Waals surface area (Å²) in [5.74, 6) is -1.12. The lowest BCUT2D eigenvalue weighted by Crippen LogP contribution is -2.67. The van der Waals surface area contributed by atoms with Crippen LogP contribution in [-0.2, 0) is 4.79 Å². The summed E-state index contributed by atoms with van der Waals surface area (Å²) in [5.41, 5.74) is 0.0754. The summed E-state index contributed by atoms with van der Waals surface area (Å²) in [6.45, 7) is 8.46. The van der Waals surface area contributed by atoms with Gasteiger partial charge >= 0.3 is 0 Å². The maximum atomic E-state index is 13.3. The van der Waals surface area contributed by atoms with Crippen molar-refractivity contribution in [2.24, 2.45) is 5.92 Å². The average molecular weight is 439 g/mol. The quantitative estimate of drug-likeness (QED) is 0.540. The molecule has 11 heteroatoms. The summed E-state index contributed by atoms with van der Waals surface area (Å²) in [6, 6.07) is 3.65. The van der Waals surface area contributed by atoms with E-state index in [0.29, 0.717) is 25.8 Å². The van der Waals surface area contributed by atoms with Gasteiger partial charge < -0.3 is 15.5 Å². The highest BCUT2D eigenvalue weighted by molar-refractivity contribution is 6.44. The van der Waals surface area contributed by atoms with Crippen molar-refractivity contribution in [3.05, 3.63) is 34.6 Å². The van der Waals surface area contributed by atoms with Crippen molar-refractivity contribution >= 4 is 55.3 Å². The van der Waals surface area contributed by atoms with Gasteiger partial charge in [0, 0.05) is 22.7 Å². The average Bonchev–Trinajstić information content (AvgIpc) is 2.56. The van der Waals surface area contributed by atoms with Crippen LogP contribution in [0.5, 0.6) is 0 Å². The molecule has 0 unspecified atom stereocenters. The molecule has 0 atom stereocenters. The van der Waals surface area contributed by atoms with Crippen molar-refractivity contribution in [3.8, 4) is 0 Å². The molecule has 0 saturated carbocycles. The monoisotopic (exact) mass is 439 g/mol. The number of hydrogen-bond donors (Lipinski definition) is 2. The highest BCUT2D eigenvalue weighted by Gasteiger charge is 2.42. The number of benzene rings is 1. The van der Waals surface area contributed by atoms with Crippen molar-refractivity contribution in [2.45, 2.75) is 56.8 Å². The van der Waals surface area contributed by atoms with Gasteiger partial charge in [-0.2, -0.15) is 0 Å².